The average Bonchev–Trinajstić information content (AvgIpc) is 2.76. The average molecular weight is 471 g/mol. The third kappa shape index (κ3) is 2.82. The van der Waals surface area contributed by atoms with Gasteiger partial charge >= 0.3 is 5.97 Å². The van der Waals surface area contributed by atoms with Crippen molar-refractivity contribution < 1.29 is 20.1 Å². The molecule has 3 fully saturated rings. The lowest BCUT2D eigenvalue weighted by Crippen LogP contribution is -2.65. The number of aliphatic carboxylic acids is 1. The van der Waals surface area contributed by atoms with Crippen LogP contribution in [0.4, 0.5) is 0 Å². The highest BCUT2D eigenvalue weighted by atomic mass is 16.4. The number of fused-ring (bicyclic) bond motifs is 7. The van der Waals surface area contributed by atoms with Crippen molar-refractivity contribution in [3.63, 3.8) is 0 Å². The molecule has 0 aliphatic heterocycles. The smallest absolute Gasteiger partial charge is 0.314 e. The van der Waals surface area contributed by atoms with Crippen LogP contribution in [0.15, 0.2) is 23.8 Å². The number of carbonyl (C=O) groups is 1. The van der Waals surface area contributed by atoms with Crippen molar-refractivity contribution in [1.29, 1.82) is 0 Å². The zero-order valence-electron chi connectivity index (χ0n) is 22.2. The molecular formula is C30H46O4. The van der Waals surface area contributed by atoms with Gasteiger partial charge in [0, 0.05) is 16.7 Å². The molecule has 5 aliphatic carbocycles. The van der Waals surface area contributed by atoms with Gasteiger partial charge in [-0.05, 0) is 79.4 Å². The molecule has 4 nitrogen and oxygen atoms in total. The van der Waals surface area contributed by atoms with Gasteiger partial charge < -0.3 is 15.3 Å². The SMILES string of the molecule is CC1(C)CC[C@]2(C(=O)O)C=C[C@]3(C)C(=CC[C@@H]4[C@@]5(C)CC[C@H](O)C(C)(CO)C5CC[C@]43C)[C@H]2C1. The lowest BCUT2D eigenvalue weighted by Gasteiger charge is -2.70. The lowest BCUT2D eigenvalue weighted by molar-refractivity contribution is -0.205. The topological polar surface area (TPSA) is 77.8 Å². The van der Waals surface area contributed by atoms with Crippen LogP contribution in [0, 0.1) is 50.2 Å². The second-order valence-corrected chi connectivity index (χ2v) is 14.5. The van der Waals surface area contributed by atoms with Crippen LogP contribution in [0.25, 0.3) is 0 Å². The summed E-state index contributed by atoms with van der Waals surface area (Å²) in [7, 11) is 0. The van der Waals surface area contributed by atoms with Gasteiger partial charge in [-0.1, -0.05) is 65.3 Å². The number of carboxylic acids is 1. The first kappa shape index (κ1) is 24.6. The van der Waals surface area contributed by atoms with Crippen LogP contribution in [0.1, 0.15) is 92.9 Å². The second kappa shape index (κ2) is 7.22. The molecule has 34 heavy (non-hydrogen) atoms. The van der Waals surface area contributed by atoms with E-state index in [4.69, 9.17) is 0 Å². The number of carboxylic acid groups (broad SMARTS) is 1. The quantitative estimate of drug-likeness (QED) is 0.434. The number of rotatable bonds is 2. The van der Waals surface area contributed by atoms with E-state index in [-0.39, 0.29) is 34.2 Å². The van der Waals surface area contributed by atoms with Crippen molar-refractivity contribution in [2.45, 2.75) is 99.0 Å². The van der Waals surface area contributed by atoms with E-state index >= 15 is 0 Å². The summed E-state index contributed by atoms with van der Waals surface area (Å²) < 4.78 is 0. The summed E-state index contributed by atoms with van der Waals surface area (Å²) in [4.78, 5) is 12.7. The summed E-state index contributed by atoms with van der Waals surface area (Å²) in [5, 5.41) is 31.7. The maximum atomic E-state index is 12.7. The Morgan fingerprint density at radius 2 is 1.68 bits per heavy atom. The summed E-state index contributed by atoms with van der Waals surface area (Å²) in [5.74, 6) is 0.146. The number of allylic oxidation sites excluding steroid dienone is 3. The third-order valence-electron chi connectivity index (χ3n) is 12.6. The van der Waals surface area contributed by atoms with Gasteiger partial charge in [0.1, 0.15) is 0 Å². The second-order valence-electron chi connectivity index (χ2n) is 14.5. The number of aliphatic hydroxyl groups excluding tert-OH is 2. The van der Waals surface area contributed by atoms with E-state index in [1.807, 2.05) is 0 Å². The highest BCUT2D eigenvalue weighted by Crippen LogP contribution is 2.74. The minimum absolute atomic E-state index is 0.0315. The molecule has 0 aromatic rings. The molecule has 2 unspecified atom stereocenters. The molecule has 5 rings (SSSR count). The summed E-state index contributed by atoms with van der Waals surface area (Å²) in [6.07, 6.45) is 13.8. The molecule has 5 aliphatic rings. The molecule has 3 N–H and O–H groups in total. The number of aliphatic hydroxyl groups is 2. The van der Waals surface area contributed by atoms with E-state index in [9.17, 15) is 20.1 Å². The van der Waals surface area contributed by atoms with Crippen molar-refractivity contribution in [1.82, 2.24) is 0 Å². The van der Waals surface area contributed by atoms with Crippen molar-refractivity contribution in [3.05, 3.63) is 23.8 Å². The number of hydrogen-bond acceptors (Lipinski definition) is 3. The van der Waals surface area contributed by atoms with Crippen molar-refractivity contribution in [2.75, 3.05) is 6.61 Å². The van der Waals surface area contributed by atoms with E-state index in [1.54, 1.807) is 0 Å². The van der Waals surface area contributed by atoms with Crippen molar-refractivity contribution in [2.24, 2.45) is 50.2 Å². The Kier molecular flexibility index (Phi) is 5.21. The van der Waals surface area contributed by atoms with Gasteiger partial charge in [-0.15, -0.1) is 0 Å². The first-order valence-corrected chi connectivity index (χ1v) is 13.6. The van der Waals surface area contributed by atoms with E-state index in [1.165, 1.54) is 5.57 Å². The minimum atomic E-state index is -0.768. The Bertz CT molecular complexity index is 949. The van der Waals surface area contributed by atoms with Gasteiger partial charge in [0.15, 0.2) is 0 Å². The molecular weight excluding hydrogens is 424 g/mol. The molecule has 0 bridgehead atoms. The normalized spacial score (nSPS) is 53.6. The van der Waals surface area contributed by atoms with Crippen LogP contribution in [0.2, 0.25) is 0 Å². The Hall–Kier alpha value is -1.13. The predicted molar refractivity (Wildman–Crippen MR) is 134 cm³/mol. The van der Waals surface area contributed by atoms with Crippen LogP contribution in [0.5, 0.6) is 0 Å². The van der Waals surface area contributed by atoms with Crippen molar-refractivity contribution >= 4 is 5.97 Å². The Morgan fingerprint density at radius 1 is 0.971 bits per heavy atom. The number of hydrogen-bond donors (Lipinski definition) is 3. The summed E-state index contributed by atoms with van der Waals surface area (Å²) in [6.45, 7) is 14.0. The van der Waals surface area contributed by atoms with E-state index in [0.717, 1.165) is 51.4 Å². The first-order chi connectivity index (χ1) is 15.7. The van der Waals surface area contributed by atoms with Crippen LogP contribution >= 0.6 is 0 Å². The van der Waals surface area contributed by atoms with Gasteiger partial charge in [0.25, 0.3) is 0 Å². The molecule has 0 spiro atoms. The first-order valence-electron chi connectivity index (χ1n) is 13.6. The highest BCUT2D eigenvalue weighted by molar-refractivity contribution is 5.79. The standard InChI is InChI=1S/C30H46O4/c1-25(2)13-15-30(24(33)34)16-14-28(5)19(20(30)17-25)7-8-22-26(3)11-10-23(32)27(4,18-31)21(26)9-12-29(22,28)6/h7,14,16,20-23,31-32H,8-13,15,17-18H2,1-6H3,(H,33,34)/t20-,21?,22-,23+,26+,27?,28-,29-,30+/m1/s1. The summed E-state index contributed by atoms with van der Waals surface area (Å²) in [5.41, 5.74) is 0.238. The third-order valence-corrected chi connectivity index (χ3v) is 12.6. The van der Waals surface area contributed by atoms with Gasteiger partial charge in [-0.3, -0.25) is 4.79 Å². The maximum Gasteiger partial charge on any atom is 0.314 e. The van der Waals surface area contributed by atoms with Gasteiger partial charge in [0.05, 0.1) is 18.1 Å². The molecule has 0 saturated heterocycles. The van der Waals surface area contributed by atoms with Gasteiger partial charge in [-0.25, -0.2) is 0 Å². The summed E-state index contributed by atoms with van der Waals surface area (Å²) >= 11 is 0. The Labute approximate surface area is 205 Å². The predicted octanol–water partition coefficient (Wildman–Crippen LogP) is 5.98. The lowest BCUT2D eigenvalue weighted by atomic mass is 9.34. The molecule has 0 heterocycles. The monoisotopic (exact) mass is 470 g/mol. The molecule has 0 aromatic heterocycles. The fourth-order valence-electron chi connectivity index (χ4n) is 10.1. The molecule has 0 radical (unpaired) electrons. The van der Waals surface area contributed by atoms with Gasteiger partial charge in [0.2, 0.25) is 0 Å². The van der Waals surface area contributed by atoms with Crippen molar-refractivity contribution in [3.8, 4) is 0 Å². The Morgan fingerprint density at radius 3 is 2.32 bits per heavy atom. The largest absolute Gasteiger partial charge is 0.481 e. The molecule has 9 atom stereocenters. The van der Waals surface area contributed by atoms with E-state index in [2.05, 4.69) is 59.8 Å². The fraction of sp³-hybridized carbons (Fsp3) is 0.833. The minimum Gasteiger partial charge on any atom is -0.481 e. The molecule has 0 amide bonds. The van der Waals surface area contributed by atoms with Crippen LogP contribution < -0.4 is 0 Å². The Balaban J connectivity index is 1.62. The van der Waals surface area contributed by atoms with Crippen LogP contribution in [0.3, 0.4) is 0 Å². The molecule has 4 heteroatoms. The highest BCUT2D eigenvalue weighted by Gasteiger charge is 2.68. The van der Waals surface area contributed by atoms with Gasteiger partial charge in [-0.2, -0.15) is 0 Å². The fourth-order valence-corrected chi connectivity index (χ4v) is 10.1. The van der Waals surface area contributed by atoms with E-state index < -0.39 is 22.9 Å². The van der Waals surface area contributed by atoms with Crippen LogP contribution in [-0.4, -0.2) is 34.0 Å². The zero-order valence-corrected chi connectivity index (χ0v) is 22.2. The molecule has 0 aromatic carbocycles. The molecule has 3 saturated carbocycles. The zero-order chi connectivity index (χ0) is 24.9. The molecule has 190 valence electrons. The van der Waals surface area contributed by atoms with E-state index in [0.29, 0.717) is 11.8 Å². The van der Waals surface area contributed by atoms with Crippen LogP contribution in [-0.2, 0) is 4.79 Å². The summed E-state index contributed by atoms with van der Waals surface area (Å²) in [6, 6.07) is 0. The maximum absolute atomic E-state index is 12.7.